The van der Waals surface area contributed by atoms with Gasteiger partial charge in [0, 0.05) is 10.0 Å². The van der Waals surface area contributed by atoms with Crippen molar-refractivity contribution in [2.24, 2.45) is 0 Å². The highest BCUT2D eigenvalue weighted by atomic mass is 79.9. The molecule has 0 unspecified atom stereocenters. The largest absolute Gasteiger partial charge is 0.507 e. The van der Waals surface area contributed by atoms with Crippen LogP contribution in [0.2, 0.25) is 0 Å². The van der Waals surface area contributed by atoms with Crippen LogP contribution in [0.1, 0.15) is 10.4 Å². The van der Waals surface area contributed by atoms with Crippen molar-refractivity contribution < 1.29 is 9.90 Å². The Balaban J connectivity index is 2.22. The summed E-state index contributed by atoms with van der Waals surface area (Å²) in [6.45, 7) is 0. The highest BCUT2D eigenvalue weighted by Crippen LogP contribution is 2.26. The molecular weight excluding hydrogens is 362 g/mol. The van der Waals surface area contributed by atoms with Crippen molar-refractivity contribution in [3.8, 4) is 5.75 Å². The Morgan fingerprint density at radius 2 is 1.78 bits per heavy atom. The molecule has 0 spiro atoms. The summed E-state index contributed by atoms with van der Waals surface area (Å²) in [5.41, 5.74) is 1.08. The standard InChI is InChI=1S/C13H9Br2NO2/c14-9-3-1-2-4-11(9)16-13(18)8-5-6-10(15)12(17)7-8/h1-7,17H,(H,16,18). The van der Waals surface area contributed by atoms with E-state index in [9.17, 15) is 9.90 Å². The fourth-order valence-electron chi connectivity index (χ4n) is 1.41. The van der Waals surface area contributed by atoms with Crippen molar-refractivity contribution >= 4 is 43.5 Å². The quantitative estimate of drug-likeness (QED) is 0.833. The first-order valence-corrected chi connectivity index (χ1v) is 6.71. The summed E-state index contributed by atoms with van der Waals surface area (Å²) in [5, 5.41) is 12.3. The summed E-state index contributed by atoms with van der Waals surface area (Å²) in [7, 11) is 0. The molecular formula is C13H9Br2NO2. The van der Waals surface area contributed by atoms with Gasteiger partial charge in [0.05, 0.1) is 10.2 Å². The molecule has 18 heavy (non-hydrogen) atoms. The van der Waals surface area contributed by atoms with Crippen LogP contribution in [-0.2, 0) is 0 Å². The van der Waals surface area contributed by atoms with Crippen molar-refractivity contribution in [2.75, 3.05) is 5.32 Å². The van der Waals surface area contributed by atoms with Crippen molar-refractivity contribution in [3.63, 3.8) is 0 Å². The lowest BCUT2D eigenvalue weighted by molar-refractivity contribution is 0.102. The Morgan fingerprint density at radius 3 is 2.44 bits per heavy atom. The number of carbonyl (C=O) groups excluding carboxylic acids is 1. The molecule has 0 aliphatic rings. The molecule has 2 aromatic carbocycles. The molecule has 0 saturated carbocycles. The molecule has 0 aliphatic heterocycles. The molecule has 2 N–H and O–H groups in total. The second kappa shape index (κ2) is 5.54. The minimum absolute atomic E-state index is 0.0368. The lowest BCUT2D eigenvalue weighted by Crippen LogP contribution is -2.12. The number of halogens is 2. The van der Waals surface area contributed by atoms with E-state index < -0.39 is 0 Å². The SMILES string of the molecule is O=C(Nc1ccccc1Br)c1ccc(Br)c(O)c1. The van der Waals surface area contributed by atoms with E-state index in [0.717, 1.165) is 4.47 Å². The molecule has 2 rings (SSSR count). The Kier molecular flexibility index (Phi) is 4.04. The molecule has 0 aromatic heterocycles. The molecule has 92 valence electrons. The smallest absolute Gasteiger partial charge is 0.255 e. The summed E-state index contributed by atoms with van der Waals surface area (Å²) in [6.07, 6.45) is 0. The third kappa shape index (κ3) is 2.91. The van der Waals surface area contributed by atoms with E-state index in [1.807, 2.05) is 18.2 Å². The lowest BCUT2D eigenvalue weighted by Gasteiger charge is -2.07. The van der Waals surface area contributed by atoms with Crippen LogP contribution in [0.5, 0.6) is 5.75 Å². The fourth-order valence-corrected chi connectivity index (χ4v) is 2.04. The Bertz CT molecular complexity index is 599. The van der Waals surface area contributed by atoms with Crippen LogP contribution < -0.4 is 5.32 Å². The van der Waals surface area contributed by atoms with Crippen LogP contribution >= 0.6 is 31.9 Å². The van der Waals surface area contributed by atoms with Crippen molar-refractivity contribution in [1.82, 2.24) is 0 Å². The summed E-state index contributed by atoms with van der Waals surface area (Å²) < 4.78 is 1.36. The van der Waals surface area contributed by atoms with Crippen LogP contribution in [0.15, 0.2) is 51.4 Å². The summed E-state index contributed by atoms with van der Waals surface area (Å²) in [6, 6.07) is 12.0. The van der Waals surface area contributed by atoms with E-state index in [1.54, 1.807) is 18.2 Å². The molecule has 0 atom stereocenters. The van der Waals surface area contributed by atoms with Gasteiger partial charge in [-0.1, -0.05) is 12.1 Å². The van der Waals surface area contributed by atoms with Gasteiger partial charge in [-0.25, -0.2) is 0 Å². The summed E-state index contributed by atoms with van der Waals surface area (Å²) in [4.78, 5) is 12.0. The van der Waals surface area contributed by atoms with Crippen LogP contribution in [0.3, 0.4) is 0 Å². The lowest BCUT2D eigenvalue weighted by atomic mass is 10.2. The number of rotatable bonds is 2. The molecule has 3 nitrogen and oxygen atoms in total. The van der Waals surface area contributed by atoms with E-state index in [4.69, 9.17) is 0 Å². The molecule has 5 heteroatoms. The van der Waals surface area contributed by atoms with Gasteiger partial charge in [0.2, 0.25) is 0 Å². The summed E-state index contributed by atoms with van der Waals surface area (Å²) >= 11 is 6.52. The third-order valence-corrected chi connectivity index (χ3v) is 3.69. The number of nitrogens with one attached hydrogen (secondary N) is 1. The second-order valence-electron chi connectivity index (χ2n) is 3.60. The first-order valence-electron chi connectivity index (χ1n) is 5.12. The van der Waals surface area contributed by atoms with Gasteiger partial charge in [0.15, 0.2) is 0 Å². The topological polar surface area (TPSA) is 49.3 Å². The highest BCUT2D eigenvalue weighted by molar-refractivity contribution is 9.11. The van der Waals surface area contributed by atoms with Crippen molar-refractivity contribution in [1.29, 1.82) is 0 Å². The molecule has 0 saturated heterocycles. The van der Waals surface area contributed by atoms with Crippen LogP contribution in [0, 0.1) is 0 Å². The van der Waals surface area contributed by atoms with E-state index in [1.165, 1.54) is 6.07 Å². The number of phenols is 1. The molecule has 0 heterocycles. The van der Waals surface area contributed by atoms with Crippen molar-refractivity contribution in [2.45, 2.75) is 0 Å². The fraction of sp³-hybridized carbons (Fsp3) is 0. The summed E-state index contributed by atoms with van der Waals surface area (Å²) in [5.74, 6) is -0.237. The predicted octanol–water partition coefficient (Wildman–Crippen LogP) is 4.17. The molecule has 0 bridgehead atoms. The van der Waals surface area contributed by atoms with Gasteiger partial charge in [-0.05, 0) is 62.2 Å². The van der Waals surface area contributed by atoms with E-state index >= 15 is 0 Å². The average molecular weight is 371 g/mol. The number of carbonyl (C=O) groups is 1. The minimum atomic E-state index is -0.273. The van der Waals surface area contributed by atoms with Crippen LogP contribution in [0.25, 0.3) is 0 Å². The first kappa shape index (κ1) is 13.1. The number of aromatic hydroxyl groups is 1. The maximum absolute atomic E-state index is 12.0. The molecule has 2 aromatic rings. The van der Waals surface area contributed by atoms with Gasteiger partial charge < -0.3 is 10.4 Å². The number of hydrogen-bond donors (Lipinski definition) is 2. The van der Waals surface area contributed by atoms with Gasteiger partial charge in [-0.2, -0.15) is 0 Å². The van der Waals surface area contributed by atoms with Gasteiger partial charge in [-0.3, -0.25) is 4.79 Å². The van der Waals surface area contributed by atoms with Crippen molar-refractivity contribution in [3.05, 3.63) is 57.0 Å². The number of anilines is 1. The zero-order valence-electron chi connectivity index (χ0n) is 9.15. The molecule has 0 fully saturated rings. The third-order valence-electron chi connectivity index (χ3n) is 2.33. The molecule has 0 aliphatic carbocycles. The zero-order chi connectivity index (χ0) is 13.1. The zero-order valence-corrected chi connectivity index (χ0v) is 12.3. The molecule has 0 radical (unpaired) electrons. The number of benzene rings is 2. The van der Waals surface area contributed by atoms with E-state index in [-0.39, 0.29) is 11.7 Å². The van der Waals surface area contributed by atoms with Crippen LogP contribution in [-0.4, -0.2) is 11.0 Å². The Labute approximate surface area is 121 Å². The number of amides is 1. The molecule has 1 amide bonds. The van der Waals surface area contributed by atoms with Gasteiger partial charge in [0.1, 0.15) is 5.75 Å². The normalized spacial score (nSPS) is 10.1. The maximum Gasteiger partial charge on any atom is 0.255 e. The minimum Gasteiger partial charge on any atom is -0.507 e. The van der Waals surface area contributed by atoms with E-state index in [0.29, 0.717) is 15.7 Å². The number of phenolic OH excluding ortho intramolecular Hbond substituents is 1. The number of para-hydroxylation sites is 1. The predicted molar refractivity (Wildman–Crippen MR) is 77.9 cm³/mol. The van der Waals surface area contributed by atoms with E-state index in [2.05, 4.69) is 37.2 Å². The van der Waals surface area contributed by atoms with Gasteiger partial charge in [0.25, 0.3) is 5.91 Å². The Hall–Kier alpha value is -1.33. The maximum atomic E-state index is 12.0. The Morgan fingerprint density at radius 1 is 1.06 bits per heavy atom. The second-order valence-corrected chi connectivity index (χ2v) is 5.31. The van der Waals surface area contributed by atoms with Gasteiger partial charge in [-0.15, -0.1) is 0 Å². The van der Waals surface area contributed by atoms with Gasteiger partial charge >= 0.3 is 0 Å². The first-order chi connectivity index (χ1) is 8.58. The average Bonchev–Trinajstić information content (AvgIpc) is 2.35. The number of hydrogen-bond acceptors (Lipinski definition) is 2. The van der Waals surface area contributed by atoms with Crippen LogP contribution in [0.4, 0.5) is 5.69 Å². The monoisotopic (exact) mass is 369 g/mol. The highest BCUT2D eigenvalue weighted by Gasteiger charge is 2.09.